The van der Waals surface area contributed by atoms with E-state index in [-0.39, 0.29) is 12.0 Å². The van der Waals surface area contributed by atoms with Crippen molar-refractivity contribution in [2.24, 2.45) is 0 Å². The van der Waals surface area contributed by atoms with Gasteiger partial charge in [0, 0.05) is 12.3 Å². The van der Waals surface area contributed by atoms with Crippen LogP contribution >= 0.6 is 11.6 Å². The van der Waals surface area contributed by atoms with Crippen LogP contribution in [0.2, 0.25) is 5.02 Å². The molecule has 5 heteroatoms. The number of halogens is 1. The zero-order valence-electron chi connectivity index (χ0n) is 13.6. The molecule has 0 atom stereocenters. The van der Waals surface area contributed by atoms with E-state index in [2.05, 4.69) is 0 Å². The predicted octanol–water partition coefficient (Wildman–Crippen LogP) is 4.13. The van der Waals surface area contributed by atoms with Crippen LogP contribution < -0.4 is 5.56 Å². The Morgan fingerprint density at radius 1 is 0.958 bits per heavy atom. The number of hydrogen-bond acceptors (Lipinski definition) is 2. The predicted molar refractivity (Wildman–Crippen MR) is 95.7 cm³/mol. The molecule has 0 radical (unpaired) electrons. The van der Waals surface area contributed by atoms with E-state index in [1.54, 1.807) is 24.4 Å². The van der Waals surface area contributed by atoms with Gasteiger partial charge in [-0.1, -0.05) is 68.0 Å². The number of nitrogens with zero attached hydrogens (tertiary/aromatic N) is 1. The van der Waals surface area contributed by atoms with Crippen molar-refractivity contribution in [3.63, 3.8) is 0 Å². The molecule has 24 heavy (non-hydrogen) atoms. The maximum Gasteiger partial charge on any atom is 0.307 e. The first kappa shape index (κ1) is 18.3. The van der Waals surface area contributed by atoms with Crippen molar-refractivity contribution in [1.82, 2.24) is 4.57 Å². The van der Waals surface area contributed by atoms with E-state index in [9.17, 15) is 9.59 Å². The normalized spacial score (nSPS) is 13.2. The summed E-state index contributed by atoms with van der Waals surface area (Å²) in [6.45, 7) is 0.409. The number of benzene rings is 1. The molecule has 1 N–H and O–H groups in total. The van der Waals surface area contributed by atoms with Gasteiger partial charge in [0.1, 0.15) is 0 Å². The topological polar surface area (TPSA) is 59.3 Å². The number of aromatic nitrogens is 1. The quantitative estimate of drug-likeness (QED) is 0.904. The molecule has 1 aromatic carbocycles. The second-order valence-corrected chi connectivity index (χ2v) is 6.40. The number of pyridine rings is 1. The molecular formula is C19H22ClNO3. The van der Waals surface area contributed by atoms with Crippen molar-refractivity contribution >= 4 is 17.6 Å². The van der Waals surface area contributed by atoms with Gasteiger partial charge in [-0.2, -0.15) is 0 Å². The summed E-state index contributed by atoms with van der Waals surface area (Å²) in [6.07, 6.45) is 9.08. The number of aliphatic carboxylic acids is 1. The first-order valence-corrected chi connectivity index (χ1v) is 8.58. The Kier molecular flexibility index (Phi) is 7.07. The van der Waals surface area contributed by atoms with E-state index in [4.69, 9.17) is 16.7 Å². The molecule has 3 rings (SSSR count). The SMILES string of the molecule is C1CCCC1.O=C(O)Cc1ccc(Cn2cc(Cl)ccc2=O)cc1. The highest BCUT2D eigenvalue weighted by Crippen LogP contribution is 2.15. The molecule has 128 valence electrons. The highest BCUT2D eigenvalue weighted by atomic mass is 35.5. The third-order valence-electron chi connectivity index (χ3n) is 3.93. The van der Waals surface area contributed by atoms with E-state index >= 15 is 0 Å². The lowest BCUT2D eigenvalue weighted by Gasteiger charge is -2.06. The molecule has 0 unspecified atom stereocenters. The highest BCUT2D eigenvalue weighted by Gasteiger charge is 2.02. The molecule has 2 aromatic rings. The van der Waals surface area contributed by atoms with Crippen molar-refractivity contribution in [2.75, 3.05) is 0 Å². The van der Waals surface area contributed by atoms with Crippen LogP contribution in [0.5, 0.6) is 0 Å². The van der Waals surface area contributed by atoms with Gasteiger partial charge in [-0.3, -0.25) is 9.59 Å². The van der Waals surface area contributed by atoms with Crippen molar-refractivity contribution in [3.8, 4) is 0 Å². The van der Waals surface area contributed by atoms with Gasteiger partial charge in [0.15, 0.2) is 0 Å². The van der Waals surface area contributed by atoms with Gasteiger partial charge in [0.05, 0.1) is 18.0 Å². The maximum atomic E-state index is 11.6. The second-order valence-electron chi connectivity index (χ2n) is 5.97. The molecule has 0 amide bonds. The van der Waals surface area contributed by atoms with Crippen molar-refractivity contribution in [3.05, 3.63) is 69.1 Å². The Labute approximate surface area is 146 Å². The number of carbonyl (C=O) groups is 1. The van der Waals surface area contributed by atoms with Gasteiger partial charge in [0.25, 0.3) is 5.56 Å². The monoisotopic (exact) mass is 347 g/mol. The first-order valence-electron chi connectivity index (χ1n) is 8.20. The molecular weight excluding hydrogens is 326 g/mol. The van der Waals surface area contributed by atoms with Crippen molar-refractivity contribution in [2.45, 2.75) is 45.1 Å². The zero-order chi connectivity index (χ0) is 17.4. The molecule has 1 fully saturated rings. The Morgan fingerprint density at radius 2 is 1.50 bits per heavy atom. The van der Waals surface area contributed by atoms with Crippen LogP contribution in [0, 0.1) is 0 Å². The summed E-state index contributed by atoms with van der Waals surface area (Å²) < 4.78 is 1.51. The third kappa shape index (κ3) is 6.20. The van der Waals surface area contributed by atoms with Gasteiger partial charge >= 0.3 is 5.97 Å². The smallest absolute Gasteiger partial charge is 0.307 e. The van der Waals surface area contributed by atoms with Crippen LogP contribution in [-0.2, 0) is 17.8 Å². The molecule has 0 bridgehead atoms. The number of carboxylic acids is 1. The van der Waals surface area contributed by atoms with Crippen molar-refractivity contribution in [1.29, 1.82) is 0 Å². The largest absolute Gasteiger partial charge is 0.481 e. The lowest BCUT2D eigenvalue weighted by molar-refractivity contribution is -0.136. The minimum Gasteiger partial charge on any atom is -0.481 e. The number of carboxylic acid groups (broad SMARTS) is 1. The van der Waals surface area contributed by atoms with Gasteiger partial charge in [-0.05, 0) is 17.2 Å². The Hall–Kier alpha value is -2.07. The van der Waals surface area contributed by atoms with E-state index in [0.29, 0.717) is 11.6 Å². The summed E-state index contributed by atoms with van der Waals surface area (Å²) >= 11 is 5.84. The summed E-state index contributed by atoms with van der Waals surface area (Å²) in [5.74, 6) is -0.862. The average Bonchev–Trinajstić information content (AvgIpc) is 3.12. The summed E-state index contributed by atoms with van der Waals surface area (Å²) in [4.78, 5) is 22.2. The summed E-state index contributed by atoms with van der Waals surface area (Å²) in [5, 5.41) is 9.18. The van der Waals surface area contributed by atoms with Gasteiger partial charge in [-0.25, -0.2) is 0 Å². The zero-order valence-corrected chi connectivity index (χ0v) is 14.3. The van der Waals surface area contributed by atoms with E-state index in [0.717, 1.165) is 11.1 Å². The Morgan fingerprint density at radius 3 is 2.04 bits per heavy atom. The molecule has 1 aliphatic rings. The maximum absolute atomic E-state index is 11.6. The van der Waals surface area contributed by atoms with Gasteiger partial charge < -0.3 is 9.67 Å². The Bertz CT molecular complexity index is 711. The van der Waals surface area contributed by atoms with Crippen LogP contribution in [0.4, 0.5) is 0 Å². The fourth-order valence-corrected chi connectivity index (χ4v) is 2.82. The average molecular weight is 348 g/mol. The van der Waals surface area contributed by atoms with Crippen LogP contribution in [0.3, 0.4) is 0 Å². The molecule has 4 nitrogen and oxygen atoms in total. The number of rotatable bonds is 4. The highest BCUT2D eigenvalue weighted by molar-refractivity contribution is 6.30. The minimum atomic E-state index is -0.862. The van der Waals surface area contributed by atoms with E-state index in [1.807, 2.05) is 12.1 Å². The van der Waals surface area contributed by atoms with Crippen LogP contribution in [0.25, 0.3) is 0 Å². The first-order chi connectivity index (χ1) is 11.5. The Balaban J connectivity index is 0.000000355. The van der Waals surface area contributed by atoms with Crippen LogP contribution in [-0.4, -0.2) is 15.6 Å². The fourth-order valence-electron chi connectivity index (χ4n) is 2.64. The molecule has 1 saturated carbocycles. The molecule has 1 aliphatic carbocycles. The second kappa shape index (κ2) is 9.28. The van der Waals surface area contributed by atoms with Crippen LogP contribution in [0.1, 0.15) is 43.2 Å². The molecule has 1 heterocycles. The standard InChI is InChI=1S/C14H12ClNO3.C5H10/c15-12-5-6-13(17)16(9-12)8-11-3-1-10(2-4-11)7-14(18)19;1-2-4-5-3-1/h1-6,9H,7-8H2,(H,18,19);1-5H2. The summed E-state index contributed by atoms with van der Waals surface area (Å²) in [5.41, 5.74) is 1.52. The van der Waals surface area contributed by atoms with Gasteiger partial charge in [-0.15, -0.1) is 0 Å². The lowest BCUT2D eigenvalue weighted by Crippen LogP contribution is -2.18. The molecule has 0 spiro atoms. The molecule has 0 aliphatic heterocycles. The molecule has 1 aromatic heterocycles. The summed E-state index contributed by atoms with van der Waals surface area (Å²) in [7, 11) is 0. The summed E-state index contributed by atoms with van der Waals surface area (Å²) in [6, 6.07) is 10.1. The third-order valence-corrected chi connectivity index (χ3v) is 4.15. The van der Waals surface area contributed by atoms with E-state index in [1.165, 1.54) is 42.7 Å². The minimum absolute atomic E-state index is 0.00259. The number of hydrogen-bond donors (Lipinski definition) is 1. The van der Waals surface area contributed by atoms with Gasteiger partial charge in [0.2, 0.25) is 0 Å². The van der Waals surface area contributed by atoms with Crippen molar-refractivity contribution < 1.29 is 9.90 Å². The van der Waals surface area contributed by atoms with Crippen LogP contribution in [0.15, 0.2) is 47.4 Å². The fraction of sp³-hybridized carbons (Fsp3) is 0.368. The lowest BCUT2D eigenvalue weighted by atomic mass is 10.1. The van der Waals surface area contributed by atoms with E-state index < -0.39 is 5.97 Å². The molecule has 0 saturated heterocycles.